The van der Waals surface area contributed by atoms with E-state index in [-0.39, 0.29) is 28.0 Å². The molecule has 0 aliphatic rings. The van der Waals surface area contributed by atoms with Gasteiger partial charge in [-0.1, -0.05) is 23.7 Å². The summed E-state index contributed by atoms with van der Waals surface area (Å²) < 4.78 is 6.09. The van der Waals surface area contributed by atoms with Crippen molar-refractivity contribution in [3.05, 3.63) is 61.6 Å². The molecule has 0 aliphatic carbocycles. The number of amidine groups is 1. The summed E-state index contributed by atoms with van der Waals surface area (Å²) in [6, 6.07) is 9.12. The van der Waals surface area contributed by atoms with Crippen molar-refractivity contribution in [2.24, 2.45) is 5.73 Å². The maximum absolute atomic E-state index is 11.0. The second kappa shape index (κ2) is 6.11. The number of rotatable bonds is 4. The van der Waals surface area contributed by atoms with Crippen LogP contribution >= 0.6 is 27.5 Å². The number of nitro groups is 1. The van der Waals surface area contributed by atoms with E-state index < -0.39 is 4.92 Å². The Morgan fingerprint density at radius 3 is 2.62 bits per heavy atom. The van der Waals surface area contributed by atoms with Crippen molar-refractivity contribution in [2.75, 3.05) is 0 Å². The molecule has 0 atom stereocenters. The van der Waals surface area contributed by atoms with Crippen LogP contribution in [0.1, 0.15) is 5.56 Å². The van der Waals surface area contributed by atoms with Gasteiger partial charge in [0.05, 0.1) is 15.5 Å². The molecule has 8 heteroatoms. The van der Waals surface area contributed by atoms with Gasteiger partial charge in [0.25, 0.3) is 0 Å². The Morgan fingerprint density at radius 2 is 2.00 bits per heavy atom. The van der Waals surface area contributed by atoms with Crippen molar-refractivity contribution in [1.29, 1.82) is 5.41 Å². The van der Waals surface area contributed by atoms with Crippen LogP contribution in [-0.4, -0.2) is 10.8 Å². The van der Waals surface area contributed by atoms with Crippen molar-refractivity contribution < 1.29 is 9.66 Å². The summed E-state index contributed by atoms with van der Waals surface area (Å²) in [5.41, 5.74) is 5.54. The van der Waals surface area contributed by atoms with Gasteiger partial charge in [-0.25, -0.2) is 0 Å². The van der Waals surface area contributed by atoms with Crippen LogP contribution in [0.2, 0.25) is 5.02 Å². The number of nitrogens with zero attached hydrogens (tertiary/aromatic N) is 1. The quantitative estimate of drug-likeness (QED) is 0.366. The van der Waals surface area contributed by atoms with Gasteiger partial charge in [-0.3, -0.25) is 15.5 Å². The van der Waals surface area contributed by atoms with Crippen LogP contribution < -0.4 is 10.5 Å². The lowest BCUT2D eigenvalue weighted by Crippen LogP contribution is -2.13. The normalized spacial score (nSPS) is 10.2. The van der Waals surface area contributed by atoms with Crippen LogP contribution in [0.4, 0.5) is 5.69 Å². The largest absolute Gasteiger partial charge is 0.448 e. The van der Waals surface area contributed by atoms with Crippen molar-refractivity contribution in [1.82, 2.24) is 0 Å². The van der Waals surface area contributed by atoms with Crippen LogP contribution in [0.15, 0.2) is 40.9 Å². The minimum absolute atomic E-state index is 0.0928. The lowest BCUT2D eigenvalue weighted by Gasteiger charge is -2.12. The molecule has 0 aromatic heterocycles. The second-order valence-corrected chi connectivity index (χ2v) is 5.24. The first-order valence-corrected chi connectivity index (χ1v) is 6.82. The zero-order valence-electron chi connectivity index (χ0n) is 10.5. The van der Waals surface area contributed by atoms with Gasteiger partial charge in [-0.2, -0.15) is 0 Å². The number of nitro benzene ring substituents is 1. The van der Waals surface area contributed by atoms with E-state index in [1.54, 1.807) is 18.2 Å². The maximum Gasteiger partial charge on any atom is 0.313 e. The Balaban J connectivity index is 2.56. The summed E-state index contributed by atoms with van der Waals surface area (Å²) in [4.78, 5) is 10.5. The fourth-order valence-corrected chi connectivity index (χ4v) is 2.47. The topological polar surface area (TPSA) is 102 Å². The number of ether oxygens (including phenoxy) is 1. The number of hydrogen-bond donors (Lipinski definition) is 2. The molecule has 0 saturated carbocycles. The summed E-state index contributed by atoms with van der Waals surface area (Å²) >= 11 is 9.23. The number of nitrogens with one attached hydrogen (secondary N) is 1. The Bertz CT molecular complexity index is 737. The number of hydrogen-bond acceptors (Lipinski definition) is 4. The van der Waals surface area contributed by atoms with Gasteiger partial charge in [0.15, 0.2) is 0 Å². The molecule has 0 heterocycles. The van der Waals surface area contributed by atoms with Crippen LogP contribution in [0.5, 0.6) is 11.5 Å². The molecule has 6 nitrogen and oxygen atoms in total. The molecule has 108 valence electrons. The van der Waals surface area contributed by atoms with Crippen molar-refractivity contribution in [3.8, 4) is 11.5 Å². The summed E-state index contributed by atoms with van der Waals surface area (Å²) in [7, 11) is 0. The highest BCUT2D eigenvalue weighted by Crippen LogP contribution is 2.39. The third kappa shape index (κ3) is 3.14. The first-order valence-electron chi connectivity index (χ1n) is 5.65. The molecule has 0 radical (unpaired) electrons. The van der Waals surface area contributed by atoms with E-state index in [4.69, 9.17) is 27.5 Å². The molecular weight excluding hydrogens is 362 g/mol. The van der Waals surface area contributed by atoms with Crippen LogP contribution in [-0.2, 0) is 0 Å². The van der Waals surface area contributed by atoms with Crippen molar-refractivity contribution >= 4 is 39.1 Å². The van der Waals surface area contributed by atoms with E-state index in [1.807, 2.05) is 0 Å². The van der Waals surface area contributed by atoms with Gasteiger partial charge in [0, 0.05) is 10.5 Å². The van der Waals surface area contributed by atoms with Crippen molar-refractivity contribution in [2.45, 2.75) is 0 Å². The Morgan fingerprint density at radius 1 is 1.33 bits per heavy atom. The second-order valence-electron chi connectivity index (χ2n) is 3.97. The minimum atomic E-state index is -0.591. The van der Waals surface area contributed by atoms with Crippen LogP contribution in [0, 0.1) is 15.5 Å². The average molecular weight is 371 g/mol. The summed E-state index contributed by atoms with van der Waals surface area (Å²) in [5, 5.41) is 18.7. The monoisotopic (exact) mass is 369 g/mol. The fourth-order valence-electron chi connectivity index (χ4n) is 1.70. The first-order chi connectivity index (χ1) is 9.91. The molecule has 2 aromatic carbocycles. The van der Waals surface area contributed by atoms with E-state index in [1.165, 1.54) is 18.2 Å². The van der Waals surface area contributed by atoms with Gasteiger partial charge < -0.3 is 10.5 Å². The lowest BCUT2D eigenvalue weighted by atomic mass is 10.2. The van der Waals surface area contributed by atoms with Gasteiger partial charge >= 0.3 is 5.69 Å². The van der Waals surface area contributed by atoms with E-state index in [0.29, 0.717) is 10.0 Å². The molecule has 2 rings (SSSR count). The van der Waals surface area contributed by atoms with E-state index in [9.17, 15) is 10.1 Å². The van der Waals surface area contributed by atoms with Gasteiger partial charge in [-0.05, 0) is 34.1 Å². The van der Waals surface area contributed by atoms with Crippen LogP contribution in [0.3, 0.4) is 0 Å². The zero-order valence-corrected chi connectivity index (χ0v) is 12.8. The number of halogens is 2. The van der Waals surface area contributed by atoms with E-state index >= 15 is 0 Å². The molecule has 0 unspecified atom stereocenters. The Hall–Kier alpha value is -2.12. The molecule has 0 amide bonds. The predicted molar refractivity (Wildman–Crippen MR) is 83.3 cm³/mol. The van der Waals surface area contributed by atoms with Gasteiger partial charge in [0.2, 0.25) is 5.75 Å². The number of benzene rings is 2. The van der Waals surface area contributed by atoms with Crippen LogP contribution in [0.25, 0.3) is 0 Å². The zero-order chi connectivity index (χ0) is 15.6. The molecule has 3 N–H and O–H groups in total. The summed E-state index contributed by atoms with van der Waals surface area (Å²) in [6.07, 6.45) is 0. The number of para-hydroxylation sites is 1. The highest BCUT2D eigenvalue weighted by molar-refractivity contribution is 9.10. The SMILES string of the molecule is N=C(N)c1c(Br)cccc1Oc1c(Cl)cccc1[N+](=O)[O-]. The van der Waals surface area contributed by atoms with Gasteiger partial charge in [-0.15, -0.1) is 0 Å². The highest BCUT2D eigenvalue weighted by Gasteiger charge is 2.21. The maximum atomic E-state index is 11.0. The molecular formula is C13H9BrClN3O3. The number of nitrogens with two attached hydrogens (primary N) is 1. The Labute approximate surface area is 133 Å². The third-order valence-electron chi connectivity index (χ3n) is 2.60. The minimum Gasteiger partial charge on any atom is -0.448 e. The van der Waals surface area contributed by atoms with E-state index in [2.05, 4.69) is 15.9 Å². The molecule has 21 heavy (non-hydrogen) atoms. The predicted octanol–water partition coefficient (Wildman–Crippen LogP) is 4.09. The Kier molecular flexibility index (Phi) is 4.44. The molecule has 2 aromatic rings. The summed E-state index contributed by atoms with van der Waals surface area (Å²) in [6.45, 7) is 0. The molecule has 0 spiro atoms. The lowest BCUT2D eigenvalue weighted by molar-refractivity contribution is -0.385. The standard InChI is InChI=1S/C13H9BrClN3O3/c14-7-3-1-6-10(11(7)13(16)17)21-12-8(15)4-2-5-9(12)18(19)20/h1-6H,(H3,16,17). The number of nitrogen functional groups attached to an aromatic ring is 1. The molecule has 0 bridgehead atoms. The first kappa shape index (κ1) is 15.3. The van der Waals surface area contributed by atoms with Gasteiger partial charge in [0.1, 0.15) is 11.6 Å². The molecule has 0 fully saturated rings. The molecule has 0 saturated heterocycles. The third-order valence-corrected chi connectivity index (χ3v) is 3.56. The van der Waals surface area contributed by atoms with Crippen molar-refractivity contribution in [3.63, 3.8) is 0 Å². The van der Waals surface area contributed by atoms with E-state index in [0.717, 1.165) is 0 Å². The highest BCUT2D eigenvalue weighted by atomic mass is 79.9. The smallest absolute Gasteiger partial charge is 0.313 e. The summed E-state index contributed by atoms with van der Waals surface area (Å²) in [5.74, 6) is -0.120. The molecule has 0 aliphatic heterocycles. The fraction of sp³-hybridized carbons (Fsp3) is 0. The average Bonchev–Trinajstić information content (AvgIpc) is 2.40.